The van der Waals surface area contributed by atoms with Crippen molar-refractivity contribution in [2.45, 2.75) is 33.2 Å². The van der Waals surface area contributed by atoms with Gasteiger partial charge in [-0.2, -0.15) is 0 Å². The molecule has 0 aliphatic carbocycles. The summed E-state index contributed by atoms with van der Waals surface area (Å²) >= 11 is 3.50. The first kappa shape index (κ1) is 15.3. The molecule has 0 aliphatic heterocycles. The molecule has 0 unspecified atom stereocenters. The fourth-order valence-electron chi connectivity index (χ4n) is 1.74. The van der Waals surface area contributed by atoms with Gasteiger partial charge in [0.25, 0.3) is 0 Å². The fourth-order valence-corrected chi connectivity index (χ4v) is 2.22. The highest BCUT2D eigenvalue weighted by atomic mass is 79.9. The Bertz CT molecular complexity index is 369. The molecule has 0 amide bonds. The summed E-state index contributed by atoms with van der Waals surface area (Å²) in [5.74, 6) is 1.62. The number of rotatable bonds is 8. The molecule has 0 atom stereocenters. The first-order chi connectivity index (χ1) is 8.72. The van der Waals surface area contributed by atoms with Gasteiger partial charge in [-0.15, -0.1) is 0 Å². The first-order valence-corrected chi connectivity index (χ1v) is 7.22. The summed E-state index contributed by atoms with van der Waals surface area (Å²) in [5.41, 5.74) is 1.12. The van der Waals surface area contributed by atoms with Crippen LogP contribution in [0.3, 0.4) is 0 Å². The zero-order valence-electron chi connectivity index (χ0n) is 11.4. The van der Waals surface area contributed by atoms with Gasteiger partial charge in [-0.3, -0.25) is 0 Å². The van der Waals surface area contributed by atoms with E-state index in [0.717, 1.165) is 34.6 Å². The van der Waals surface area contributed by atoms with Gasteiger partial charge in [-0.1, -0.05) is 29.3 Å². The number of ether oxygens (including phenoxy) is 2. The standard InChI is InChI=1S/C14H22BrNO2/c1-4-6-7-16-10-11-8-12(15)9-13(17-3)14(11)18-5-2/h8-9,16H,4-7,10H2,1-3H3. The summed E-state index contributed by atoms with van der Waals surface area (Å²) in [6.07, 6.45) is 2.39. The van der Waals surface area contributed by atoms with E-state index in [1.807, 2.05) is 13.0 Å². The smallest absolute Gasteiger partial charge is 0.165 e. The van der Waals surface area contributed by atoms with Crippen molar-refractivity contribution in [3.63, 3.8) is 0 Å². The second-order valence-corrected chi connectivity index (χ2v) is 4.98. The molecule has 0 saturated carbocycles. The Balaban J connectivity index is 2.82. The van der Waals surface area contributed by atoms with Gasteiger partial charge in [0.2, 0.25) is 0 Å². The number of methoxy groups -OCH3 is 1. The van der Waals surface area contributed by atoms with Crippen LogP contribution >= 0.6 is 15.9 Å². The van der Waals surface area contributed by atoms with Gasteiger partial charge in [0, 0.05) is 16.6 Å². The van der Waals surface area contributed by atoms with Crippen LogP contribution in [0.2, 0.25) is 0 Å². The molecule has 0 bridgehead atoms. The Morgan fingerprint density at radius 2 is 2.06 bits per heavy atom. The third-order valence-electron chi connectivity index (χ3n) is 2.63. The van der Waals surface area contributed by atoms with Gasteiger partial charge < -0.3 is 14.8 Å². The third-order valence-corrected chi connectivity index (χ3v) is 3.09. The van der Waals surface area contributed by atoms with Crippen molar-refractivity contribution in [3.8, 4) is 11.5 Å². The minimum atomic E-state index is 0.639. The van der Waals surface area contributed by atoms with Gasteiger partial charge in [0.15, 0.2) is 11.5 Å². The van der Waals surface area contributed by atoms with Gasteiger partial charge in [0.05, 0.1) is 13.7 Å². The molecule has 0 aromatic heterocycles. The van der Waals surface area contributed by atoms with Crippen LogP contribution in [0, 0.1) is 0 Å². The Morgan fingerprint density at radius 1 is 1.28 bits per heavy atom. The van der Waals surface area contributed by atoms with Crippen molar-refractivity contribution >= 4 is 15.9 Å². The van der Waals surface area contributed by atoms with Crippen LogP contribution < -0.4 is 14.8 Å². The van der Waals surface area contributed by atoms with E-state index in [4.69, 9.17) is 9.47 Å². The molecule has 102 valence electrons. The molecule has 18 heavy (non-hydrogen) atoms. The number of halogens is 1. The van der Waals surface area contributed by atoms with Crippen molar-refractivity contribution in [1.82, 2.24) is 5.32 Å². The molecule has 3 nitrogen and oxygen atoms in total. The summed E-state index contributed by atoms with van der Waals surface area (Å²) in [6.45, 7) is 6.63. The average Bonchev–Trinajstić information content (AvgIpc) is 2.37. The molecule has 1 N–H and O–H groups in total. The third kappa shape index (κ3) is 4.50. The molecule has 0 fully saturated rings. The van der Waals surface area contributed by atoms with Crippen LogP contribution in [0.5, 0.6) is 11.5 Å². The lowest BCUT2D eigenvalue weighted by atomic mass is 10.1. The summed E-state index contributed by atoms with van der Waals surface area (Å²) in [7, 11) is 1.67. The quantitative estimate of drug-likeness (QED) is 0.741. The molecule has 1 rings (SSSR count). The zero-order chi connectivity index (χ0) is 13.4. The molecule has 0 saturated heterocycles. The lowest BCUT2D eigenvalue weighted by molar-refractivity contribution is 0.306. The van der Waals surface area contributed by atoms with Gasteiger partial charge in [0.1, 0.15) is 0 Å². The zero-order valence-corrected chi connectivity index (χ0v) is 13.0. The topological polar surface area (TPSA) is 30.5 Å². The number of hydrogen-bond acceptors (Lipinski definition) is 3. The van der Waals surface area contributed by atoms with E-state index in [2.05, 4.69) is 34.2 Å². The van der Waals surface area contributed by atoms with Crippen molar-refractivity contribution < 1.29 is 9.47 Å². The van der Waals surface area contributed by atoms with Crippen molar-refractivity contribution in [3.05, 3.63) is 22.2 Å². The molecule has 0 aliphatic rings. The molecule has 4 heteroatoms. The van der Waals surface area contributed by atoms with Crippen LogP contribution in [0.25, 0.3) is 0 Å². The second kappa shape index (κ2) is 8.38. The normalized spacial score (nSPS) is 10.4. The van der Waals surface area contributed by atoms with E-state index in [0.29, 0.717) is 6.61 Å². The van der Waals surface area contributed by atoms with E-state index in [1.54, 1.807) is 7.11 Å². The van der Waals surface area contributed by atoms with Crippen molar-refractivity contribution in [2.75, 3.05) is 20.3 Å². The van der Waals surface area contributed by atoms with E-state index in [9.17, 15) is 0 Å². The first-order valence-electron chi connectivity index (χ1n) is 6.42. The second-order valence-electron chi connectivity index (χ2n) is 4.06. The van der Waals surface area contributed by atoms with E-state index >= 15 is 0 Å². The minimum Gasteiger partial charge on any atom is -0.493 e. The Kier molecular flexibility index (Phi) is 7.13. The number of benzene rings is 1. The van der Waals surface area contributed by atoms with Crippen LogP contribution in [-0.4, -0.2) is 20.3 Å². The van der Waals surface area contributed by atoms with E-state index in [1.165, 1.54) is 12.8 Å². The van der Waals surface area contributed by atoms with Gasteiger partial charge in [-0.25, -0.2) is 0 Å². The highest BCUT2D eigenvalue weighted by Crippen LogP contribution is 2.34. The maximum atomic E-state index is 5.69. The summed E-state index contributed by atoms with van der Waals surface area (Å²) in [6, 6.07) is 4.01. The molecule has 0 heterocycles. The molecular formula is C14H22BrNO2. The summed E-state index contributed by atoms with van der Waals surface area (Å²) < 4.78 is 12.1. The average molecular weight is 316 g/mol. The summed E-state index contributed by atoms with van der Waals surface area (Å²) in [5, 5.41) is 3.42. The number of hydrogen-bond donors (Lipinski definition) is 1. The molecule has 1 aromatic carbocycles. The lowest BCUT2D eigenvalue weighted by Crippen LogP contribution is -2.15. The van der Waals surface area contributed by atoms with Gasteiger partial charge >= 0.3 is 0 Å². The van der Waals surface area contributed by atoms with Crippen molar-refractivity contribution in [2.24, 2.45) is 0 Å². The Hall–Kier alpha value is -0.740. The highest BCUT2D eigenvalue weighted by molar-refractivity contribution is 9.10. The Labute approximate surface area is 118 Å². The highest BCUT2D eigenvalue weighted by Gasteiger charge is 2.11. The van der Waals surface area contributed by atoms with Crippen LogP contribution in [0.1, 0.15) is 32.3 Å². The van der Waals surface area contributed by atoms with E-state index < -0.39 is 0 Å². The fraction of sp³-hybridized carbons (Fsp3) is 0.571. The molecule has 1 aromatic rings. The lowest BCUT2D eigenvalue weighted by Gasteiger charge is -2.15. The van der Waals surface area contributed by atoms with E-state index in [-0.39, 0.29) is 0 Å². The molecule has 0 radical (unpaired) electrons. The monoisotopic (exact) mass is 315 g/mol. The molecule has 0 spiro atoms. The van der Waals surface area contributed by atoms with Crippen LogP contribution in [0.4, 0.5) is 0 Å². The summed E-state index contributed by atoms with van der Waals surface area (Å²) in [4.78, 5) is 0. The minimum absolute atomic E-state index is 0.639. The predicted octanol–water partition coefficient (Wildman–Crippen LogP) is 3.75. The molecular weight excluding hydrogens is 294 g/mol. The SMILES string of the molecule is CCCCNCc1cc(Br)cc(OC)c1OCC. The Morgan fingerprint density at radius 3 is 2.67 bits per heavy atom. The largest absolute Gasteiger partial charge is 0.493 e. The predicted molar refractivity (Wildman–Crippen MR) is 78.5 cm³/mol. The number of nitrogens with one attached hydrogen (secondary N) is 1. The van der Waals surface area contributed by atoms with Crippen LogP contribution in [-0.2, 0) is 6.54 Å². The maximum Gasteiger partial charge on any atom is 0.165 e. The van der Waals surface area contributed by atoms with Gasteiger partial charge in [-0.05, 0) is 32.0 Å². The number of unbranched alkanes of at least 4 members (excludes halogenated alkanes) is 1. The maximum absolute atomic E-state index is 5.69. The van der Waals surface area contributed by atoms with Crippen LogP contribution in [0.15, 0.2) is 16.6 Å². The van der Waals surface area contributed by atoms with Crippen molar-refractivity contribution in [1.29, 1.82) is 0 Å².